The summed E-state index contributed by atoms with van der Waals surface area (Å²) in [6.07, 6.45) is 11.8. The molecule has 0 aromatic heterocycles. The highest BCUT2D eigenvalue weighted by Crippen LogP contribution is 2.62. The van der Waals surface area contributed by atoms with Crippen LogP contribution in [-0.4, -0.2) is 13.1 Å². The van der Waals surface area contributed by atoms with Crippen LogP contribution in [0.25, 0.3) is 0 Å². The molecule has 0 bridgehead atoms. The topological polar surface area (TPSA) is 26.3 Å². The lowest BCUT2D eigenvalue weighted by atomic mass is 9.47. The molecule has 2 nitrogen and oxygen atoms in total. The van der Waals surface area contributed by atoms with Crippen LogP contribution < -0.4 is 0 Å². The van der Waals surface area contributed by atoms with Gasteiger partial charge in [-0.15, -0.1) is 0 Å². The zero-order valence-electron chi connectivity index (χ0n) is 15.4. The second-order valence-corrected chi connectivity index (χ2v) is 8.73. The molecule has 2 unspecified atom stereocenters. The van der Waals surface area contributed by atoms with Crippen molar-refractivity contribution in [3.8, 4) is 0 Å². The van der Waals surface area contributed by atoms with Gasteiger partial charge in [0.05, 0.1) is 12.5 Å². The maximum atomic E-state index is 12.5. The van der Waals surface area contributed by atoms with Gasteiger partial charge in [0.1, 0.15) is 0 Å². The van der Waals surface area contributed by atoms with E-state index in [-0.39, 0.29) is 16.8 Å². The van der Waals surface area contributed by atoms with Gasteiger partial charge in [0.25, 0.3) is 0 Å². The van der Waals surface area contributed by atoms with Crippen LogP contribution in [0.4, 0.5) is 0 Å². The highest BCUT2D eigenvalue weighted by Gasteiger charge is 2.57. The van der Waals surface area contributed by atoms with Gasteiger partial charge >= 0.3 is 5.97 Å². The first-order chi connectivity index (χ1) is 10.8. The molecule has 3 aliphatic rings. The van der Waals surface area contributed by atoms with E-state index in [1.165, 1.54) is 19.3 Å². The molecule has 0 spiro atoms. The Bertz CT molecular complexity index is 556. The maximum absolute atomic E-state index is 12.5. The molecule has 0 heterocycles. The van der Waals surface area contributed by atoms with E-state index in [0.717, 1.165) is 19.3 Å². The average molecular weight is 316 g/mol. The lowest BCUT2D eigenvalue weighted by molar-refractivity contribution is -0.166. The Hall–Kier alpha value is -1.05. The number of esters is 1. The van der Waals surface area contributed by atoms with Crippen LogP contribution in [0.1, 0.15) is 66.2 Å². The minimum absolute atomic E-state index is 0.000467. The summed E-state index contributed by atoms with van der Waals surface area (Å²) in [5.74, 6) is 1.68. The third kappa shape index (κ3) is 2.49. The van der Waals surface area contributed by atoms with Crippen molar-refractivity contribution in [1.29, 1.82) is 0 Å². The molecule has 1 saturated carbocycles. The summed E-state index contributed by atoms with van der Waals surface area (Å²) in [5, 5.41) is 0. The minimum atomic E-state index is -0.314. The number of allylic oxidation sites excluding steroid dienone is 4. The molecule has 23 heavy (non-hydrogen) atoms. The predicted octanol–water partition coefficient (Wildman–Crippen LogP) is 5.29. The number of carbonyl (C=O) groups excluding carboxylic acids is 1. The number of fused-ring (bicyclic) bond motifs is 3. The summed E-state index contributed by atoms with van der Waals surface area (Å²) in [6.45, 7) is 9.20. The molecule has 4 atom stereocenters. The van der Waals surface area contributed by atoms with Gasteiger partial charge in [0.15, 0.2) is 0 Å². The molecule has 0 saturated heterocycles. The number of ether oxygens (including phenoxy) is 1. The first kappa shape index (κ1) is 16.8. The Morgan fingerprint density at radius 2 is 2.04 bits per heavy atom. The predicted molar refractivity (Wildman–Crippen MR) is 93.9 cm³/mol. The Balaban J connectivity index is 1.99. The standard InChI is InChI=1S/C21H32O2/c1-14(2)15-7-9-17-16(13-15)8-10-18-20(17,3)11-6-12-21(18,4)19(22)23-5/h8,13-14,17-18H,6-7,9-12H2,1-5H3/t17?,18?,20-,21-/m1/s1. The lowest BCUT2D eigenvalue weighted by Gasteiger charge is -2.57. The first-order valence-corrected chi connectivity index (χ1v) is 9.32. The quantitative estimate of drug-likeness (QED) is 0.647. The molecule has 128 valence electrons. The van der Waals surface area contributed by atoms with Crippen molar-refractivity contribution >= 4 is 5.97 Å². The Morgan fingerprint density at radius 1 is 1.30 bits per heavy atom. The molecule has 2 heteroatoms. The fourth-order valence-electron chi connectivity index (χ4n) is 5.82. The van der Waals surface area contributed by atoms with Gasteiger partial charge in [-0.25, -0.2) is 0 Å². The van der Waals surface area contributed by atoms with Crippen LogP contribution in [0, 0.1) is 28.6 Å². The summed E-state index contributed by atoms with van der Waals surface area (Å²) < 4.78 is 5.20. The largest absolute Gasteiger partial charge is 0.469 e. The number of hydrogen-bond donors (Lipinski definition) is 0. The lowest BCUT2D eigenvalue weighted by Crippen LogP contribution is -2.53. The van der Waals surface area contributed by atoms with Crippen LogP contribution in [-0.2, 0) is 9.53 Å². The number of rotatable bonds is 2. The number of hydrogen-bond acceptors (Lipinski definition) is 2. The Labute approximate surface area is 141 Å². The SMILES string of the molecule is COC(=O)[C@]1(C)CCC[C@]2(C)C3CCC(C(C)C)=CC3=CCC21. The van der Waals surface area contributed by atoms with E-state index in [9.17, 15) is 4.79 Å². The minimum Gasteiger partial charge on any atom is -0.469 e. The average Bonchev–Trinajstić information content (AvgIpc) is 2.53. The van der Waals surface area contributed by atoms with E-state index in [1.807, 2.05) is 0 Å². The summed E-state index contributed by atoms with van der Waals surface area (Å²) in [7, 11) is 1.54. The van der Waals surface area contributed by atoms with Crippen LogP contribution >= 0.6 is 0 Å². The maximum Gasteiger partial charge on any atom is 0.311 e. The molecule has 0 aromatic carbocycles. The van der Waals surface area contributed by atoms with E-state index in [0.29, 0.717) is 17.8 Å². The van der Waals surface area contributed by atoms with Crippen LogP contribution in [0.5, 0.6) is 0 Å². The fourth-order valence-corrected chi connectivity index (χ4v) is 5.82. The molecule has 0 aliphatic heterocycles. The second-order valence-electron chi connectivity index (χ2n) is 8.73. The molecule has 0 radical (unpaired) electrons. The van der Waals surface area contributed by atoms with Crippen molar-refractivity contribution in [2.75, 3.05) is 7.11 Å². The summed E-state index contributed by atoms with van der Waals surface area (Å²) in [4.78, 5) is 12.5. The van der Waals surface area contributed by atoms with Crippen LogP contribution in [0.15, 0.2) is 23.3 Å². The van der Waals surface area contributed by atoms with Gasteiger partial charge in [-0.05, 0) is 67.8 Å². The van der Waals surface area contributed by atoms with Crippen molar-refractivity contribution in [3.05, 3.63) is 23.3 Å². The van der Waals surface area contributed by atoms with Gasteiger partial charge in [0, 0.05) is 0 Å². The van der Waals surface area contributed by atoms with Crippen molar-refractivity contribution in [2.45, 2.75) is 66.2 Å². The molecule has 3 rings (SSSR count). The molecule has 1 fully saturated rings. The van der Waals surface area contributed by atoms with Crippen LogP contribution in [0.2, 0.25) is 0 Å². The highest BCUT2D eigenvalue weighted by atomic mass is 16.5. The molecule has 0 amide bonds. The fraction of sp³-hybridized carbons (Fsp3) is 0.762. The van der Waals surface area contributed by atoms with E-state index < -0.39 is 0 Å². The smallest absolute Gasteiger partial charge is 0.311 e. The van der Waals surface area contributed by atoms with Gasteiger partial charge in [0.2, 0.25) is 0 Å². The zero-order valence-corrected chi connectivity index (χ0v) is 15.4. The molecular formula is C21H32O2. The number of methoxy groups -OCH3 is 1. The molecule has 3 aliphatic carbocycles. The summed E-state index contributed by atoms with van der Waals surface area (Å²) in [6, 6.07) is 0. The van der Waals surface area contributed by atoms with Gasteiger partial charge < -0.3 is 4.74 Å². The van der Waals surface area contributed by atoms with Crippen molar-refractivity contribution in [3.63, 3.8) is 0 Å². The van der Waals surface area contributed by atoms with E-state index >= 15 is 0 Å². The third-order valence-corrected chi connectivity index (χ3v) is 7.23. The monoisotopic (exact) mass is 316 g/mol. The summed E-state index contributed by atoms with van der Waals surface area (Å²) in [5.41, 5.74) is 3.07. The zero-order chi connectivity index (χ0) is 16.8. The number of carbonyl (C=O) groups is 1. The first-order valence-electron chi connectivity index (χ1n) is 9.32. The van der Waals surface area contributed by atoms with Gasteiger partial charge in [-0.1, -0.05) is 44.9 Å². The summed E-state index contributed by atoms with van der Waals surface area (Å²) >= 11 is 0. The van der Waals surface area contributed by atoms with Crippen LogP contribution in [0.3, 0.4) is 0 Å². The van der Waals surface area contributed by atoms with Crippen molar-refractivity contribution in [2.24, 2.45) is 28.6 Å². The Morgan fingerprint density at radius 3 is 2.70 bits per heavy atom. The Kier molecular flexibility index (Phi) is 4.23. The van der Waals surface area contributed by atoms with E-state index in [4.69, 9.17) is 4.74 Å². The van der Waals surface area contributed by atoms with Crippen molar-refractivity contribution < 1.29 is 9.53 Å². The van der Waals surface area contributed by atoms with E-state index in [2.05, 4.69) is 39.8 Å². The molecular weight excluding hydrogens is 284 g/mol. The van der Waals surface area contributed by atoms with E-state index in [1.54, 1.807) is 18.3 Å². The van der Waals surface area contributed by atoms with Gasteiger partial charge in [-0.3, -0.25) is 4.79 Å². The molecule has 0 N–H and O–H groups in total. The van der Waals surface area contributed by atoms with Gasteiger partial charge in [-0.2, -0.15) is 0 Å². The van der Waals surface area contributed by atoms with Crippen molar-refractivity contribution in [1.82, 2.24) is 0 Å². The highest BCUT2D eigenvalue weighted by molar-refractivity contribution is 5.77. The second kappa shape index (κ2) is 5.79. The normalized spacial score (nSPS) is 39.9. The molecule has 0 aromatic rings. The third-order valence-electron chi connectivity index (χ3n) is 7.23.